The van der Waals surface area contributed by atoms with E-state index in [2.05, 4.69) is 9.97 Å². The summed E-state index contributed by atoms with van der Waals surface area (Å²) in [5, 5.41) is -2.17. The average Bonchev–Trinajstić information content (AvgIpc) is 2.45. The Bertz CT molecular complexity index is 687. The summed E-state index contributed by atoms with van der Waals surface area (Å²) >= 11 is -0.0296. The summed E-state index contributed by atoms with van der Waals surface area (Å²) in [5.74, 6) is 0.649. The van der Waals surface area contributed by atoms with E-state index < -0.39 is 11.3 Å². The van der Waals surface area contributed by atoms with Crippen molar-refractivity contribution in [2.24, 2.45) is 0 Å². The van der Waals surface area contributed by atoms with Gasteiger partial charge in [-0.2, -0.15) is 13.2 Å². The molecule has 22 heavy (non-hydrogen) atoms. The lowest BCUT2D eigenvalue weighted by Gasteiger charge is -2.07. The van der Waals surface area contributed by atoms with E-state index >= 15 is 0 Å². The van der Waals surface area contributed by atoms with Crippen LogP contribution >= 0.6 is 11.8 Å². The number of hydrogen-bond donors (Lipinski definition) is 0. The first-order chi connectivity index (χ1) is 10.3. The molecule has 0 atom stereocenters. The number of carbonyl (C=O) groups excluding carboxylic acids is 1. The lowest BCUT2D eigenvalue weighted by molar-refractivity contribution is -0.160. The maximum absolute atomic E-state index is 12.3. The van der Waals surface area contributed by atoms with E-state index in [-0.39, 0.29) is 16.9 Å². The number of alkyl halides is 3. The summed E-state index contributed by atoms with van der Waals surface area (Å²) < 4.78 is 41.9. The second-order valence-corrected chi connectivity index (χ2v) is 5.23. The Morgan fingerprint density at radius 1 is 1.18 bits per heavy atom. The molecule has 0 bridgehead atoms. The first-order valence-corrected chi connectivity index (χ1v) is 6.90. The van der Waals surface area contributed by atoms with E-state index in [0.717, 1.165) is 0 Å². The van der Waals surface area contributed by atoms with Crippen LogP contribution in [0.5, 0.6) is 5.75 Å². The lowest BCUT2D eigenvalue weighted by atomic mass is 10.1. The molecule has 0 aliphatic rings. The molecule has 0 aliphatic carbocycles. The fourth-order valence-corrected chi connectivity index (χ4v) is 2.25. The minimum atomic E-state index is -4.92. The third kappa shape index (κ3) is 3.97. The highest BCUT2D eigenvalue weighted by Crippen LogP contribution is 2.29. The molecule has 2 aromatic rings. The van der Waals surface area contributed by atoms with Crippen LogP contribution in [0.3, 0.4) is 0 Å². The van der Waals surface area contributed by atoms with Crippen molar-refractivity contribution in [1.29, 1.82) is 0 Å². The van der Waals surface area contributed by atoms with Crippen LogP contribution in [0.4, 0.5) is 13.2 Å². The molecule has 1 aromatic heterocycles. The predicted octanol–water partition coefficient (Wildman–Crippen LogP) is 3.64. The molecule has 8 heteroatoms. The summed E-state index contributed by atoms with van der Waals surface area (Å²) in [5.41, 5.74) is 1.60. The maximum atomic E-state index is 12.3. The van der Waals surface area contributed by atoms with Crippen LogP contribution in [0.25, 0.3) is 11.3 Å². The van der Waals surface area contributed by atoms with E-state index in [4.69, 9.17) is 4.74 Å². The molecular formula is C14H11F3N2O2S. The monoisotopic (exact) mass is 328 g/mol. The van der Waals surface area contributed by atoms with Crippen LogP contribution in [0, 0.1) is 6.92 Å². The summed E-state index contributed by atoms with van der Waals surface area (Å²) in [7, 11) is 1.53. The fraction of sp³-hybridized carbons (Fsp3) is 0.214. The lowest BCUT2D eigenvalue weighted by Crippen LogP contribution is -2.19. The second kappa shape index (κ2) is 6.35. The average molecular weight is 328 g/mol. The van der Waals surface area contributed by atoms with Gasteiger partial charge >= 0.3 is 11.3 Å². The topological polar surface area (TPSA) is 52.1 Å². The number of ether oxygens (including phenoxy) is 1. The standard InChI is InChI=1S/C14H11F3N2O2S/c1-8-7-11(9-3-5-10(21-2)6-4-9)19-13(18-8)22-12(20)14(15,16)17/h3-7H,1-2H3. The zero-order valence-corrected chi connectivity index (χ0v) is 12.5. The third-order valence-electron chi connectivity index (χ3n) is 2.63. The summed E-state index contributed by atoms with van der Waals surface area (Å²) in [6.07, 6.45) is -4.92. The van der Waals surface area contributed by atoms with Crippen LogP contribution in [0.1, 0.15) is 5.69 Å². The number of thioether (sulfide) groups is 1. The van der Waals surface area contributed by atoms with Crippen molar-refractivity contribution in [2.45, 2.75) is 18.3 Å². The van der Waals surface area contributed by atoms with Gasteiger partial charge in [-0.1, -0.05) is 0 Å². The second-order valence-electron chi connectivity index (χ2n) is 4.29. The third-order valence-corrected chi connectivity index (χ3v) is 3.42. The van der Waals surface area contributed by atoms with Crippen molar-refractivity contribution in [3.05, 3.63) is 36.0 Å². The van der Waals surface area contributed by atoms with Crippen LogP contribution in [0.15, 0.2) is 35.5 Å². The zero-order valence-electron chi connectivity index (χ0n) is 11.6. The van der Waals surface area contributed by atoms with E-state index in [9.17, 15) is 18.0 Å². The first kappa shape index (κ1) is 16.3. The van der Waals surface area contributed by atoms with Gasteiger partial charge in [-0.25, -0.2) is 9.97 Å². The Hall–Kier alpha value is -2.09. The van der Waals surface area contributed by atoms with Crippen LogP contribution in [-0.2, 0) is 4.79 Å². The molecule has 0 amide bonds. The first-order valence-electron chi connectivity index (χ1n) is 6.08. The SMILES string of the molecule is COc1ccc(-c2cc(C)nc(SC(=O)C(F)(F)F)n2)cc1. The van der Waals surface area contributed by atoms with Crippen molar-refractivity contribution < 1.29 is 22.7 Å². The van der Waals surface area contributed by atoms with Gasteiger partial charge < -0.3 is 4.74 Å². The quantitative estimate of drug-likeness (QED) is 0.636. The van der Waals surface area contributed by atoms with Crippen molar-refractivity contribution in [1.82, 2.24) is 9.97 Å². The molecule has 116 valence electrons. The molecule has 0 saturated carbocycles. The van der Waals surface area contributed by atoms with Gasteiger partial charge in [-0.3, -0.25) is 4.79 Å². The highest BCUT2D eigenvalue weighted by molar-refractivity contribution is 8.13. The number of aromatic nitrogens is 2. The Kier molecular flexibility index (Phi) is 4.70. The number of rotatable bonds is 3. The van der Waals surface area contributed by atoms with Gasteiger partial charge in [0, 0.05) is 11.3 Å². The number of nitrogens with zero attached hydrogens (tertiary/aromatic N) is 2. The highest BCUT2D eigenvalue weighted by Gasteiger charge is 2.39. The number of halogens is 3. The molecule has 0 saturated heterocycles. The molecule has 0 spiro atoms. The Morgan fingerprint density at radius 2 is 1.82 bits per heavy atom. The number of hydrogen-bond acceptors (Lipinski definition) is 5. The van der Waals surface area contributed by atoms with Gasteiger partial charge in [0.15, 0.2) is 5.16 Å². The fourth-order valence-electron chi connectivity index (χ4n) is 1.64. The normalized spacial score (nSPS) is 11.3. The van der Waals surface area contributed by atoms with Gasteiger partial charge in [0.2, 0.25) is 0 Å². The largest absolute Gasteiger partial charge is 0.497 e. The van der Waals surface area contributed by atoms with Gasteiger partial charge in [-0.15, -0.1) is 0 Å². The minimum absolute atomic E-state index is 0.0296. The van der Waals surface area contributed by atoms with E-state index in [0.29, 0.717) is 22.7 Å². The van der Waals surface area contributed by atoms with Gasteiger partial charge in [0.1, 0.15) is 5.75 Å². The minimum Gasteiger partial charge on any atom is -0.497 e. The molecular weight excluding hydrogens is 317 g/mol. The number of carbonyl (C=O) groups is 1. The molecule has 0 unspecified atom stereocenters. The molecule has 1 aromatic carbocycles. The molecule has 2 rings (SSSR count). The molecule has 0 fully saturated rings. The molecule has 1 heterocycles. The molecule has 0 aliphatic heterocycles. The Balaban J connectivity index is 2.31. The van der Waals surface area contributed by atoms with Gasteiger partial charge in [-0.05, 0) is 49.0 Å². The van der Waals surface area contributed by atoms with Crippen molar-refractivity contribution >= 4 is 16.9 Å². The summed E-state index contributed by atoms with van der Waals surface area (Å²) in [6, 6.07) is 8.49. The molecule has 0 N–H and O–H groups in total. The van der Waals surface area contributed by atoms with E-state index in [1.807, 2.05) is 0 Å². The van der Waals surface area contributed by atoms with Crippen LogP contribution in [-0.4, -0.2) is 28.4 Å². The van der Waals surface area contributed by atoms with Crippen LogP contribution in [0.2, 0.25) is 0 Å². The number of benzene rings is 1. The molecule has 0 radical (unpaired) electrons. The summed E-state index contributed by atoms with van der Waals surface area (Å²) in [4.78, 5) is 18.9. The molecule has 4 nitrogen and oxygen atoms in total. The summed E-state index contributed by atoms with van der Waals surface area (Å²) in [6.45, 7) is 1.62. The Labute approximate surface area is 128 Å². The van der Waals surface area contributed by atoms with E-state index in [1.165, 1.54) is 7.11 Å². The predicted molar refractivity (Wildman–Crippen MR) is 75.7 cm³/mol. The highest BCUT2D eigenvalue weighted by atomic mass is 32.2. The van der Waals surface area contributed by atoms with Gasteiger partial charge in [0.05, 0.1) is 12.8 Å². The van der Waals surface area contributed by atoms with Crippen molar-refractivity contribution in [2.75, 3.05) is 7.11 Å². The Morgan fingerprint density at radius 3 is 2.36 bits per heavy atom. The number of aryl methyl sites for hydroxylation is 1. The maximum Gasteiger partial charge on any atom is 0.461 e. The van der Waals surface area contributed by atoms with E-state index in [1.54, 1.807) is 37.3 Å². The van der Waals surface area contributed by atoms with Crippen molar-refractivity contribution in [3.8, 4) is 17.0 Å². The van der Waals surface area contributed by atoms with Crippen LogP contribution < -0.4 is 4.74 Å². The zero-order chi connectivity index (χ0) is 16.3. The van der Waals surface area contributed by atoms with Crippen molar-refractivity contribution in [3.63, 3.8) is 0 Å². The van der Waals surface area contributed by atoms with Gasteiger partial charge in [0.25, 0.3) is 0 Å². The smallest absolute Gasteiger partial charge is 0.461 e. The number of methoxy groups -OCH3 is 1.